The van der Waals surface area contributed by atoms with Gasteiger partial charge in [0, 0.05) is 12.1 Å². The average Bonchev–Trinajstić information content (AvgIpc) is 2.55. The van der Waals surface area contributed by atoms with Crippen LogP contribution in [0.4, 0.5) is 0 Å². The Morgan fingerprint density at radius 3 is 2.17 bits per heavy atom. The molecule has 3 nitrogen and oxygen atoms in total. The van der Waals surface area contributed by atoms with E-state index in [2.05, 4.69) is 49.5 Å². The molecule has 0 saturated heterocycles. The number of rotatable bonds is 7. The van der Waals surface area contributed by atoms with E-state index >= 15 is 0 Å². The highest BCUT2D eigenvalue weighted by molar-refractivity contribution is 5.85. The van der Waals surface area contributed by atoms with Crippen LogP contribution in [0.2, 0.25) is 0 Å². The van der Waals surface area contributed by atoms with Crippen LogP contribution in [0.3, 0.4) is 0 Å². The first-order valence-corrected chi connectivity index (χ1v) is 7.66. The van der Waals surface area contributed by atoms with Crippen LogP contribution >= 0.6 is 12.4 Å². The molecule has 0 aliphatic rings. The van der Waals surface area contributed by atoms with E-state index in [1.807, 2.05) is 18.2 Å². The number of nitrogens with one attached hydrogen (secondary N) is 1. The smallest absolute Gasteiger partial charge is 0.160 e. The molecule has 0 saturated carbocycles. The molecule has 0 radical (unpaired) electrons. The Morgan fingerprint density at radius 1 is 0.913 bits per heavy atom. The van der Waals surface area contributed by atoms with Crippen LogP contribution in [0.25, 0.3) is 0 Å². The van der Waals surface area contributed by atoms with Crippen LogP contribution in [-0.2, 0) is 6.42 Å². The predicted octanol–water partition coefficient (Wildman–Crippen LogP) is 4.41. The highest BCUT2D eigenvalue weighted by Gasteiger charge is 2.11. The fraction of sp³-hybridized carbons (Fsp3) is 0.368. The molecule has 0 heterocycles. The lowest BCUT2D eigenvalue weighted by molar-refractivity contribution is 0.354. The number of benzene rings is 2. The molecule has 2 aromatic carbocycles. The van der Waals surface area contributed by atoms with Gasteiger partial charge >= 0.3 is 0 Å². The highest BCUT2D eigenvalue weighted by Crippen LogP contribution is 2.28. The molecule has 23 heavy (non-hydrogen) atoms. The lowest BCUT2D eigenvalue weighted by Crippen LogP contribution is -2.30. The largest absolute Gasteiger partial charge is 0.493 e. The quantitative estimate of drug-likeness (QED) is 0.813. The summed E-state index contributed by atoms with van der Waals surface area (Å²) in [6.45, 7) is 4.40. The summed E-state index contributed by atoms with van der Waals surface area (Å²) in [6, 6.07) is 17.3. The first-order valence-electron chi connectivity index (χ1n) is 7.66. The van der Waals surface area contributed by atoms with Gasteiger partial charge in [-0.1, -0.05) is 36.4 Å². The Morgan fingerprint density at radius 2 is 1.57 bits per heavy atom. The zero-order valence-electron chi connectivity index (χ0n) is 14.2. The van der Waals surface area contributed by atoms with Crippen molar-refractivity contribution in [2.45, 2.75) is 32.4 Å². The molecule has 126 valence electrons. The van der Waals surface area contributed by atoms with Gasteiger partial charge in [-0.15, -0.1) is 12.4 Å². The molecule has 0 aliphatic heterocycles. The standard InChI is InChI=1S/C19H25NO2.ClH/c1-14(20-15(2)17-8-6-5-7-9-17)12-16-10-11-18(21-3)19(13-16)22-4;/h5-11,13-15,20H,12H2,1-4H3;1H. The molecule has 2 atom stereocenters. The Hall–Kier alpha value is -1.71. The van der Waals surface area contributed by atoms with E-state index in [9.17, 15) is 0 Å². The maximum Gasteiger partial charge on any atom is 0.160 e. The summed E-state index contributed by atoms with van der Waals surface area (Å²) in [5.74, 6) is 1.55. The van der Waals surface area contributed by atoms with Crippen LogP contribution in [0, 0.1) is 0 Å². The summed E-state index contributed by atoms with van der Waals surface area (Å²) in [5.41, 5.74) is 2.54. The summed E-state index contributed by atoms with van der Waals surface area (Å²) in [7, 11) is 3.32. The van der Waals surface area contributed by atoms with Crippen molar-refractivity contribution in [2.75, 3.05) is 14.2 Å². The second-order valence-electron chi connectivity index (χ2n) is 5.59. The SMILES string of the molecule is COc1ccc(CC(C)NC(C)c2ccccc2)cc1OC.Cl. The zero-order valence-corrected chi connectivity index (χ0v) is 15.0. The summed E-state index contributed by atoms with van der Waals surface area (Å²) in [5, 5.41) is 3.64. The number of hydrogen-bond donors (Lipinski definition) is 1. The fourth-order valence-electron chi connectivity index (χ4n) is 2.68. The van der Waals surface area contributed by atoms with Crippen molar-refractivity contribution in [1.29, 1.82) is 0 Å². The van der Waals surface area contributed by atoms with E-state index < -0.39 is 0 Å². The molecular formula is C19H26ClNO2. The van der Waals surface area contributed by atoms with E-state index in [1.165, 1.54) is 11.1 Å². The number of hydrogen-bond acceptors (Lipinski definition) is 3. The van der Waals surface area contributed by atoms with Crippen molar-refractivity contribution in [3.63, 3.8) is 0 Å². The van der Waals surface area contributed by atoms with Gasteiger partial charge in [-0.05, 0) is 43.5 Å². The highest BCUT2D eigenvalue weighted by atomic mass is 35.5. The topological polar surface area (TPSA) is 30.5 Å². The Labute approximate surface area is 145 Å². The normalized spacial score (nSPS) is 12.9. The molecule has 0 spiro atoms. The van der Waals surface area contributed by atoms with E-state index in [0.29, 0.717) is 12.1 Å². The molecule has 4 heteroatoms. The Kier molecular flexibility index (Phi) is 7.93. The second kappa shape index (κ2) is 9.43. The van der Waals surface area contributed by atoms with Gasteiger partial charge in [0.2, 0.25) is 0 Å². The number of ether oxygens (including phenoxy) is 2. The van der Waals surface area contributed by atoms with Gasteiger partial charge in [0.15, 0.2) is 11.5 Å². The monoisotopic (exact) mass is 335 g/mol. The molecule has 0 amide bonds. The van der Waals surface area contributed by atoms with E-state index in [-0.39, 0.29) is 12.4 Å². The predicted molar refractivity (Wildman–Crippen MR) is 98.0 cm³/mol. The van der Waals surface area contributed by atoms with Crippen LogP contribution in [0.15, 0.2) is 48.5 Å². The molecule has 0 aromatic heterocycles. The maximum absolute atomic E-state index is 5.36. The van der Waals surface area contributed by atoms with Gasteiger partial charge < -0.3 is 14.8 Å². The van der Waals surface area contributed by atoms with Crippen LogP contribution in [-0.4, -0.2) is 20.3 Å². The first kappa shape index (κ1) is 19.3. The lowest BCUT2D eigenvalue weighted by Gasteiger charge is -2.21. The molecular weight excluding hydrogens is 310 g/mol. The minimum atomic E-state index is 0. The zero-order chi connectivity index (χ0) is 15.9. The van der Waals surface area contributed by atoms with E-state index in [1.54, 1.807) is 14.2 Å². The molecule has 1 N–H and O–H groups in total. The number of halogens is 1. The summed E-state index contributed by atoms with van der Waals surface area (Å²) >= 11 is 0. The summed E-state index contributed by atoms with van der Waals surface area (Å²) < 4.78 is 10.6. The van der Waals surface area contributed by atoms with Gasteiger partial charge in [0.1, 0.15) is 0 Å². The maximum atomic E-state index is 5.36. The van der Waals surface area contributed by atoms with Crippen molar-refractivity contribution in [2.24, 2.45) is 0 Å². The molecule has 2 aromatic rings. The summed E-state index contributed by atoms with van der Waals surface area (Å²) in [6.07, 6.45) is 0.942. The van der Waals surface area contributed by atoms with Gasteiger partial charge in [0.05, 0.1) is 14.2 Å². The number of methoxy groups -OCH3 is 2. The van der Waals surface area contributed by atoms with Gasteiger partial charge in [-0.25, -0.2) is 0 Å². The van der Waals surface area contributed by atoms with Crippen LogP contribution < -0.4 is 14.8 Å². The third-order valence-corrected chi connectivity index (χ3v) is 3.82. The van der Waals surface area contributed by atoms with Gasteiger partial charge in [-0.3, -0.25) is 0 Å². The second-order valence-corrected chi connectivity index (χ2v) is 5.59. The lowest BCUT2D eigenvalue weighted by atomic mass is 10.0. The van der Waals surface area contributed by atoms with E-state index in [0.717, 1.165) is 17.9 Å². The fourth-order valence-corrected chi connectivity index (χ4v) is 2.68. The minimum absolute atomic E-state index is 0. The minimum Gasteiger partial charge on any atom is -0.493 e. The molecule has 2 rings (SSSR count). The first-order chi connectivity index (χ1) is 10.6. The van der Waals surface area contributed by atoms with Crippen molar-refractivity contribution < 1.29 is 9.47 Å². The average molecular weight is 336 g/mol. The van der Waals surface area contributed by atoms with Gasteiger partial charge in [0.25, 0.3) is 0 Å². The molecule has 0 fully saturated rings. The van der Waals surface area contributed by atoms with E-state index in [4.69, 9.17) is 9.47 Å². The van der Waals surface area contributed by atoms with Crippen molar-refractivity contribution in [3.05, 3.63) is 59.7 Å². The van der Waals surface area contributed by atoms with Crippen LogP contribution in [0.1, 0.15) is 31.0 Å². The third-order valence-electron chi connectivity index (χ3n) is 3.82. The van der Waals surface area contributed by atoms with Crippen molar-refractivity contribution in [3.8, 4) is 11.5 Å². The Bertz CT molecular complexity index is 589. The van der Waals surface area contributed by atoms with Crippen molar-refractivity contribution >= 4 is 12.4 Å². The molecule has 0 bridgehead atoms. The third kappa shape index (κ3) is 5.45. The molecule has 2 unspecified atom stereocenters. The summed E-state index contributed by atoms with van der Waals surface area (Å²) in [4.78, 5) is 0. The molecule has 0 aliphatic carbocycles. The van der Waals surface area contributed by atoms with Crippen molar-refractivity contribution in [1.82, 2.24) is 5.32 Å². The Balaban J connectivity index is 0.00000264. The van der Waals surface area contributed by atoms with Crippen LogP contribution in [0.5, 0.6) is 11.5 Å². The van der Waals surface area contributed by atoms with Gasteiger partial charge in [-0.2, -0.15) is 0 Å².